The first-order chi connectivity index (χ1) is 6.45. The zero-order valence-corrected chi connectivity index (χ0v) is 7.58. The fourth-order valence-electron chi connectivity index (χ4n) is 1.49. The van der Waals surface area contributed by atoms with Crippen molar-refractivity contribution in [3.63, 3.8) is 0 Å². The number of aromatic nitrogens is 2. The van der Waals surface area contributed by atoms with Gasteiger partial charge in [-0.2, -0.15) is 0 Å². The van der Waals surface area contributed by atoms with Gasteiger partial charge in [-0.05, 0) is 22.9 Å². The monoisotopic (exact) mass is 186 g/mol. The van der Waals surface area contributed by atoms with Gasteiger partial charge in [-0.25, -0.2) is 4.98 Å². The van der Waals surface area contributed by atoms with Crippen LogP contribution < -0.4 is 0 Å². The third-order valence-electron chi connectivity index (χ3n) is 2.11. The molecule has 0 amide bonds. The molecule has 3 aromatic rings. The maximum absolute atomic E-state index is 4.35. The molecule has 0 unspecified atom stereocenters. The molecule has 62 valence electrons. The van der Waals surface area contributed by atoms with E-state index in [2.05, 4.69) is 21.4 Å². The summed E-state index contributed by atoms with van der Waals surface area (Å²) in [4.78, 5) is 9.51. The Hall–Kier alpha value is -1.48. The highest BCUT2D eigenvalue weighted by Crippen LogP contribution is 2.25. The van der Waals surface area contributed by atoms with Crippen LogP contribution in [-0.2, 0) is 0 Å². The molecular weight excluding hydrogens is 180 g/mol. The number of fused-ring (bicyclic) bond motifs is 3. The number of rotatable bonds is 0. The number of hydrogen-bond acceptors (Lipinski definition) is 3. The Balaban J connectivity index is 2.65. The average molecular weight is 186 g/mol. The molecule has 0 aliphatic rings. The molecule has 0 N–H and O–H groups in total. The lowest BCUT2D eigenvalue weighted by atomic mass is 10.2. The Morgan fingerprint density at radius 2 is 2.08 bits per heavy atom. The van der Waals surface area contributed by atoms with Gasteiger partial charge in [0.25, 0.3) is 0 Å². The fourth-order valence-corrected chi connectivity index (χ4v) is 2.24. The van der Waals surface area contributed by atoms with Crippen LogP contribution in [0.25, 0.3) is 21.0 Å². The molecule has 0 aliphatic carbocycles. The Morgan fingerprint density at radius 1 is 1.08 bits per heavy atom. The smallest absolute Gasteiger partial charge is 0.123 e. The van der Waals surface area contributed by atoms with Crippen molar-refractivity contribution >= 4 is 32.3 Å². The van der Waals surface area contributed by atoms with Crippen LogP contribution in [0, 0.1) is 0 Å². The van der Waals surface area contributed by atoms with Crippen LogP contribution >= 0.6 is 11.3 Å². The van der Waals surface area contributed by atoms with Crippen molar-refractivity contribution in [1.82, 2.24) is 9.97 Å². The summed E-state index contributed by atoms with van der Waals surface area (Å²) in [5.41, 5.74) is 0. The molecule has 2 nitrogen and oxygen atoms in total. The van der Waals surface area contributed by atoms with Crippen LogP contribution in [0.2, 0.25) is 0 Å². The lowest BCUT2D eigenvalue weighted by Gasteiger charge is -1.96. The minimum Gasteiger partial charge on any atom is -0.264 e. The summed E-state index contributed by atoms with van der Waals surface area (Å²) in [6.45, 7) is 0. The average Bonchev–Trinajstić information content (AvgIpc) is 2.65. The lowest BCUT2D eigenvalue weighted by molar-refractivity contribution is 1.35. The van der Waals surface area contributed by atoms with Crippen LogP contribution in [0.4, 0.5) is 0 Å². The highest BCUT2D eigenvalue weighted by molar-refractivity contribution is 7.16. The first-order valence-corrected chi connectivity index (χ1v) is 4.89. The van der Waals surface area contributed by atoms with E-state index in [4.69, 9.17) is 0 Å². The van der Waals surface area contributed by atoms with Crippen molar-refractivity contribution < 1.29 is 0 Å². The van der Waals surface area contributed by atoms with Crippen molar-refractivity contribution in [3.8, 4) is 0 Å². The molecule has 0 saturated carbocycles. The van der Waals surface area contributed by atoms with E-state index in [1.807, 2.05) is 24.7 Å². The maximum Gasteiger partial charge on any atom is 0.123 e. The highest BCUT2D eigenvalue weighted by Gasteiger charge is 2.00. The van der Waals surface area contributed by atoms with Gasteiger partial charge in [-0.3, -0.25) is 4.98 Å². The van der Waals surface area contributed by atoms with Gasteiger partial charge < -0.3 is 0 Å². The molecule has 3 rings (SSSR count). The van der Waals surface area contributed by atoms with Gasteiger partial charge in [-0.15, -0.1) is 11.3 Å². The third-order valence-corrected chi connectivity index (χ3v) is 2.93. The largest absolute Gasteiger partial charge is 0.264 e. The highest BCUT2D eigenvalue weighted by atomic mass is 32.1. The molecule has 0 saturated heterocycles. The minimum absolute atomic E-state index is 1.10. The van der Waals surface area contributed by atoms with Crippen LogP contribution in [-0.4, -0.2) is 9.97 Å². The molecule has 3 heteroatoms. The summed E-state index contributed by atoms with van der Waals surface area (Å²) in [6, 6.07) is 4.14. The molecule has 0 spiro atoms. The SMILES string of the molecule is c1cc2c(cn1)cnc1sccc12. The number of pyridine rings is 2. The zero-order valence-electron chi connectivity index (χ0n) is 6.77. The second-order valence-corrected chi connectivity index (χ2v) is 3.76. The van der Waals surface area contributed by atoms with Crippen LogP contribution in [0.15, 0.2) is 36.1 Å². The minimum atomic E-state index is 1.10. The molecule has 0 aliphatic heterocycles. The second kappa shape index (κ2) is 2.50. The van der Waals surface area contributed by atoms with E-state index in [9.17, 15) is 0 Å². The van der Waals surface area contributed by atoms with E-state index in [-0.39, 0.29) is 0 Å². The summed E-state index contributed by atoms with van der Waals surface area (Å²) >= 11 is 1.67. The van der Waals surface area contributed by atoms with Crippen molar-refractivity contribution in [2.45, 2.75) is 0 Å². The number of thiophene rings is 1. The molecule has 0 fully saturated rings. The Bertz CT molecular complexity index is 571. The number of nitrogens with zero attached hydrogens (tertiary/aromatic N) is 2. The Labute approximate surface area is 78.9 Å². The summed E-state index contributed by atoms with van der Waals surface area (Å²) in [5.74, 6) is 0. The van der Waals surface area contributed by atoms with Gasteiger partial charge in [0.2, 0.25) is 0 Å². The number of hydrogen-bond donors (Lipinski definition) is 0. The maximum atomic E-state index is 4.35. The van der Waals surface area contributed by atoms with Gasteiger partial charge in [-0.1, -0.05) is 0 Å². The predicted octanol–water partition coefficient (Wildman–Crippen LogP) is 2.84. The van der Waals surface area contributed by atoms with Crippen LogP contribution in [0.3, 0.4) is 0 Å². The van der Waals surface area contributed by atoms with Crippen molar-refractivity contribution in [3.05, 3.63) is 36.1 Å². The first kappa shape index (κ1) is 6.97. The molecule has 13 heavy (non-hydrogen) atoms. The molecule has 3 heterocycles. The van der Waals surface area contributed by atoms with Gasteiger partial charge >= 0.3 is 0 Å². The summed E-state index contributed by atoms with van der Waals surface area (Å²) in [7, 11) is 0. The van der Waals surface area contributed by atoms with E-state index in [1.54, 1.807) is 11.3 Å². The summed E-state index contributed by atoms with van der Waals surface area (Å²) in [6.07, 6.45) is 5.54. The van der Waals surface area contributed by atoms with Crippen molar-refractivity contribution in [2.24, 2.45) is 0 Å². The van der Waals surface area contributed by atoms with Gasteiger partial charge in [0.15, 0.2) is 0 Å². The Morgan fingerprint density at radius 3 is 3.08 bits per heavy atom. The molecule has 3 aromatic heterocycles. The Kier molecular flexibility index (Phi) is 1.34. The van der Waals surface area contributed by atoms with Crippen LogP contribution in [0.1, 0.15) is 0 Å². The van der Waals surface area contributed by atoms with E-state index in [1.165, 1.54) is 10.8 Å². The van der Waals surface area contributed by atoms with Crippen molar-refractivity contribution in [1.29, 1.82) is 0 Å². The van der Waals surface area contributed by atoms with Gasteiger partial charge in [0.1, 0.15) is 4.83 Å². The van der Waals surface area contributed by atoms with Crippen LogP contribution in [0.5, 0.6) is 0 Å². The molecule has 0 aromatic carbocycles. The summed E-state index contributed by atoms with van der Waals surface area (Å²) in [5, 5.41) is 5.64. The molecular formula is C10H6N2S. The summed E-state index contributed by atoms with van der Waals surface area (Å²) < 4.78 is 0. The third kappa shape index (κ3) is 0.939. The first-order valence-electron chi connectivity index (χ1n) is 4.01. The zero-order chi connectivity index (χ0) is 8.67. The predicted molar refractivity (Wildman–Crippen MR) is 54.9 cm³/mol. The van der Waals surface area contributed by atoms with E-state index < -0.39 is 0 Å². The standard InChI is InChI=1S/C10H6N2S/c1-3-11-5-7-6-12-10-9(8(1)7)2-4-13-10/h1-6H. The normalized spacial score (nSPS) is 11.1. The lowest BCUT2D eigenvalue weighted by Crippen LogP contribution is -1.77. The van der Waals surface area contributed by atoms with Crippen molar-refractivity contribution in [2.75, 3.05) is 0 Å². The van der Waals surface area contributed by atoms with Gasteiger partial charge in [0, 0.05) is 29.4 Å². The fraction of sp³-hybridized carbons (Fsp3) is 0. The second-order valence-electron chi connectivity index (χ2n) is 2.86. The topological polar surface area (TPSA) is 25.8 Å². The van der Waals surface area contributed by atoms with E-state index in [0.29, 0.717) is 0 Å². The molecule has 0 radical (unpaired) electrons. The van der Waals surface area contributed by atoms with E-state index >= 15 is 0 Å². The molecule has 0 bridgehead atoms. The van der Waals surface area contributed by atoms with E-state index in [0.717, 1.165) is 10.2 Å². The van der Waals surface area contributed by atoms with Gasteiger partial charge in [0.05, 0.1) is 0 Å². The quantitative estimate of drug-likeness (QED) is 0.539. The molecule has 0 atom stereocenters.